The Kier molecular flexibility index (Phi) is 2.74. The topological polar surface area (TPSA) is 75.1 Å². The number of nitrogens with one attached hydrogen (secondary N) is 1. The Morgan fingerprint density at radius 2 is 2.10 bits per heavy atom. The molecule has 2 N–H and O–H groups in total. The molecule has 1 heterocycles. The fraction of sp³-hybridized carbons (Fsp3) is 0.467. The number of H-pyrrole nitrogens is 1. The summed E-state index contributed by atoms with van der Waals surface area (Å²) in [6.07, 6.45) is 2.28. The quantitative estimate of drug-likeness (QED) is 0.902. The van der Waals surface area contributed by atoms with Gasteiger partial charge in [0.1, 0.15) is 0 Å². The first kappa shape index (κ1) is 13.0. The molecular formula is C15H18N2O3. The van der Waals surface area contributed by atoms with Crippen molar-refractivity contribution in [2.24, 2.45) is 0 Å². The smallest absolute Gasteiger partial charge is 0.326 e. The fourth-order valence-electron chi connectivity index (χ4n) is 3.10. The molecular weight excluding hydrogens is 256 g/mol. The number of nitrogens with zero attached hydrogens (tertiary/aromatic N) is 1. The average Bonchev–Trinajstić information content (AvgIpc) is 2.62. The highest BCUT2D eigenvalue weighted by Gasteiger charge is 2.46. The van der Waals surface area contributed by atoms with Gasteiger partial charge in [-0.3, -0.25) is 9.36 Å². The minimum absolute atomic E-state index is 0.0687. The summed E-state index contributed by atoms with van der Waals surface area (Å²) < 4.78 is 1.69. The van der Waals surface area contributed by atoms with Crippen molar-refractivity contribution in [3.05, 3.63) is 34.2 Å². The van der Waals surface area contributed by atoms with Crippen LogP contribution in [-0.4, -0.2) is 20.6 Å². The lowest BCUT2D eigenvalue weighted by atomic mass is 9.64. The Bertz CT molecular complexity index is 735. The van der Waals surface area contributed by atoms with E-state index in [0.717, 1.165) is 17.5 Å². The predicted octanol–water partition coefficient (Wildman–Crippen LogP) is 2.42. The zero-order valence-electron chi connectivity index (χ0n) is 11.6. The van der Waals surface area contributed by atoms with Crippen LogP contribution in [0.3, 0.4) is 0 Å². The van der Waals surface area contributed by atoms with Gasteiger partial charge in [-0.25, -0.2) is 4.79 Å². The highest BCUT2D eigenvalue weighted by Crippen LogP contribution is 2.44. The van der Waals surface area contributed by atoms with E-state index >= 15 is 0 Å². The SMILES string of the molecule is CC(C)n1c(=O)[nH]c2cc(C3(C(=O)O)CCC3)ccc21. The molecule has 0 unspecified atom stereocenters. The van der Waals surface area contributed by atoms with Crippen molar-refractivity contribution in [2.45, 2.75) is 44.6 Å². The lowest BCUT2D eigenvalue weighted by Crippen LogP contribution is -2.42. The third-order valence-corrected chi connectivity index (χ3v) is 4.40. The summed E-state index contributed by atoms with van der Waals surface area (Å²) in [7, 11) is 0. The summed E-state index contributed by atoms with van der Waals surface area (Å²) in [5.74, 6) is -0.770. The first-order chi connectivity index (χ1) is 9.45. The molecule has 3 rings (SSSR count). The van der Waals surface area contributed by atoms with E-state index < -0.39 is 11.4 Å². The summed E-state index contributed by atoms with van der Waals surface area (Å²) in [5, 5.41) is 9.48. The molecule has 0 spiro atoms. The molecule has 1 aromatic carbocycles. The van der Waals surface area contributed by atoms with Gasteiger partial charge in [0.05, 0.1) is 16.4 Å². The van der Waals surface area contributed by atoms with E-state index in [2.05, 4.69) is 4.98 Å². The van der Waals surface area contributed by atoms with Gasteiger partial charge >= 0.3 is 11.7 Å². The van der Waals surface area contributed by atoms with Gasteiger partial charge in [-0.15, -0.1) is 0 Å². The Labute approximate surface area is 116 Å². The van der Waals surface area contributed by atoms with Crippen LogP contribution < -0.4 is 5.69 Å². The molecule has 5 heteroatoms. The van der Waals surface area contributed by atoms with E-state index in [0.29, 0.717) is 18.4 Å². The van der Waals surface area contributed by atoms with Crippen molar-refractivity contribution in [3.63, 3.8) is 0 Å². The summed E-state index contributed by atoms with van der Waals surface area (Å²) in [5.41, 5.74) is 1.43. The zero-order valence-corrected chi connectivity index (χ0v) is 11.6. The van der Waals surface area contributed by atoms with Crippen molar-refractivity contribution in [3.8, 4) is 0 Å². The number of carboxylic acid groups (broad SMARTS) is 1. The molecule has 0 bridgehead atoms. The number of imidazole rings is 1. The van der Waals surface area contributed by atoms with Crippen molar-refractivity contribution in [1.82, 2.24) is 9.55 Å². The van der Waals surface area contributed by atoms with Crippen LogP contribution in [0.2, 0.25) is 0 Å². The number of aromatic nitrogens is 2. The third kappa shape index (κ3) is 1.62. The molecule has 0 amide bonds. The van der Waals surface area contributed by atoms with Crippen LogP contribution in [0.15, 0.2) is 23.0 Å². The van der Waals surface area contributed by atoms with E-state index in [1.54, 1.807) is 4.57 Å². The van der Waals surface area contributed by atoms with Gasteiger partial charge in [0.25, 0.3) is 0 Å². The van der Waals surface area contributed by atoms with Crippen molar-refractivity contribution < 1.29 is 9.90 Å². The molecule has 5 nitrogen and oxygen atoms in total. The molecule has 1 aromatic heterocycles. The number of hydrogen-bond donors (Lipinski definition) is 2. The number of aromatic amines is 1. The molecule has 1 aliphatic rings. The highest BCUT2D eigenvalue weighted by molar-refractivity contribution is 5.85. The largest absolute Gasteiger partial charge is 0.481 e. The van der Waals surface area contributed by atoms with Crippen LogP contribution in [0.5, 0.6) is 0 Å². The maximum Gasteiger partial charge on any atom is 0.326 e. The summed E-state index contributed by atoms with van der Waals surface area (Å²) in [6.45, 7) is 3.90. The van der Waals surface area contributed by atoms with E-state index in [-0.39, 0.29) is 11.7 Å². The van der Waals surface area contributed by atoms with Crippen LogP contribution in [0, 0.1) is 0 Å². The van der Waals surface area contributed by atoms with Gasteiger partial charge in [0.15, 0.2) is 0 Å². The molecule has 0 saturated heterocycles. The number of rotatable bonds is 3. The van der Waals surface area contributed by atoms with Gasteiger partial charge in [-0.2, -0.15) is 0 Å². The van der Waals surface area contributed by atoms with Gasteiger partial charge in [0, 0.05) is 6.04 Å². The van der Waals surface area contributed by atoms with E-state index in [1.807, 2.05) is 32.0 Å². The monoisotopic (exact) mass is 274 g/mol. The number of carboxylic acids is 1. The second-order valence-corrected chi connectivity index (χ2v) is 5.87. The Balaban J connectivity index is 2.18. The minimum atomic E-state index is -0.770. The van der Waals surface area contributed by atoms with E-state index in [4.69, 9.17) is 0 Å². The normalized spacial score (nSPS) is 17.4. The van der Waals surface area contributed by atoms with Crippen LogP contribution in [0.1, 0.15) is 44.7 Å². The van der Waals surface area contributed by atoms with Crippen molar-refractivity contribution in [2.75, 3.05) is 0 Å². The molecule has 106 valence electrons. The fourth-order valence-corrected chi connectivity index (χ4v) is 3.10. The second-order valence-electron chi connectivity index (χ2n) is 5.87. The lowest BCUT2D eigenvalue weighted by molar-refractivity contribution is -0.147. The molecule has 0 atom stereocenters. The van der Waals surface area contributed by atoms with Crippen molar-refractivity contribution in [1.29, 1.82) is 0 Å². The maximum atomic E-state index is 11.9. The predicted molar refractivity (Wildman–Crippen MR) is 76.1 cm³/mol. The Morgan fingerprint density at radius 3 is 2.60 bits per heavy atom. The van der Waals surface area contributed by atoms with Gasteiger partial charge in [-0.05, 0) is 44.4 Å². The van der Waals surface area contributed by atoms with Crippen LogP contribution in [0.4, 0.5) is 0 Å². The van der Waals surface area contributed by atoms with Crippen LogP contribution in [-0.2, 0) is 10.2 Å². The molecule has 1 aliphatic carbocycles. The molecule has 2 aromatic rings. The molecule has 0 radical (unpaired) electrons. The first-order valence-corrected chi connectivity index (χ1v) is 6.94. The van der Waals surface area contributed by atoms with Gasteiger partial charge < -0.3 is 10.1 Å². The first-order valence-electron chi connectivity index (χ1n) is 6.94. The third-order valence-electron chi connectivity index (χ3n) is 4.40. The number of aliphatic carboxylic acids is 1. The van der Waals surface area contributed by atoms with Gasteiger partial charge in [-0.1, -0.05) is 12.5 Å². The summed E-state index contributed by atoms with van der Waals surface area (Å²) >= 11 is 0. The standard InChI is InChI=1S/C15H18N2O3/c1-9(2)17-12-5-4-10(8-11(12)16-14(17)20)15(13(18)19)6-3-7-15/h4-5,8-9H,3,6-7H2,1-2H3,(H,16,20)(H,18,19). The highest BCUT2D eigenvalue weighted by atomic mass is 16.4. The second kappa shape index (κ2) is 4.23. The van der Waals surface area contributed by atoms with E-state index in [9.17, 15) is 14.7 Å². The number of hydrogen-bond acceptors (Lipinski definition) is 2. The zero-order chi connectivity index (χ0) is 14.5. The minimum Gasteiger partial charge on any atom is -0.481 e. The van der Waals surface area contributed by atoms with E-state index in [1.165, 1.54) is 0 Å². The maximum absolute atomic E-state index is 11.9. The summed E-state index contributed by atoms with van der Waals surface area (Å²) in [6, 6.07) is 5.59. The lowest BCUT2D eigenvalue weighted by Gasteiger charge is -2.38. The van der Waals surface area contributed by atoms with Crippen LogP contribution >= 0.6 is 0 Å². The number of fused-ring (bicyclic) bond motifs is 1. The number of carbonyl (C=O) groups is 1. The number of benzene rings is 1. The van der Waals surface area contributed by atoms with Crippen LogP contribution in [0.25, 0.3) is 11.0 Å². The summed E-state index contributed by atoms with van der Waals surface area (Å²) in [4.78, 5) is 26.3. The molecule has 20 heavy (non-hydrogen) atoms. The Morgan fingerprint density at radius 1 is 1.40 bits per heavy atom. The average molecular weight is 274 g/mol. The Hall–Kier alpha value is -2.04. The van der Waals surface area contributed by atoms with Gasteiger partial charge in [0.2, 0.25) is 0 Å². The molecule has 1 fully saturated rings. The molecule has 0 aliphatic heterocycles. The van der Waals surface area contributed by atoms with Crippen molar-refractivity contribution >= 4 is 17.0 Å². The molecule has 1 saturated carbocycles.